The number of carbonyl (C=O) groups excluding carboxylic acids is 1. The molecule has 2 heterocycles. The van der Waals surface area contributed by atoms with Gasteiger partial charge in [0, 0.05) is 19.0 Å². The minimum atomic E-state index is -0.241. The topological polar surface area (TPSA) is 42.7 Å². The zero-order valence-electron chi connectivity index (χ0n) is 11.9. The van der Waals surface area contributed by atoms with Gasteiger partial charge < -0.3 is 14.1 Å². The third kappa shape index (κ3) is 3.45. The normalized spacial score (nSPS) is 18.5. The number of ether oxygens (including phenoxy) is 1. The van der Waals surface area contributed by atoms with E-state index in [2.05, 4.69) is 0 Å². The molecular weight excluding hydrogens is 266 g/mol. The van der Waals surface area contributed by atoms with Crippen molar-refractivity contribution >= 4 is 6.09 Å². The van der Waals surface area contributed by atoms with Crippen LogP contribution >= 0.6 is 0 Å². The molecule has 2 aromatic rings. The Morgan fingerprint density at radius 3 is 2.86 bits per heavy atom. The fourth-order valence-electron chi connectivity index (χ4n) is 2.71. The Kier molecular flexibility index (Phi) is 4.24. The van der Waals surface area contributed by atoms with Crippen molar-refractivity contribution in [3.8, 4) is 0 Å². The third-order valence-corrected chi connectivity index (χ3v) is 3.83. The van der Waals surface area contributed by atoms with Crippen LogP contribution in [0.15, 0.2) is 53.1 Å². The second-order valence-corrected chi connectivity index (χ2v) is 5.34. The maximum Gasteiger partial charge on any atom is 0.410 e. The summed E-state index contributed by atoms with van der Waals surface area (Å²) in [5.41, 5.74) is 1.01. The van der Waals surface area contributed by atoms with Crippen molar-refractivity contribution in [3.63, 3.8) is 0 Å². The molecule has 1 amide bonds. The molecule has 1 fully saturated rings. The fraction of sp³-hybridized carbons (Fsp3) is 0.353. The lowest BCUT2D eigenvalue weighted by Crippen LogP contribution is -2.39. The molecule has 4 nitrogen and oxygen atoms in total. The van der Waals surface area contributed by atoms with E-state index < -0.39 is 0 Å². The van der Waals surface area contributed by atoms with Gasteiger partial charge >= 0.3 is 6.09 Å². The summed E-state index contributed by atoms with van der Waals surface area (Å²) in [5.74, 6) is 1.23. The summed E-state index contributed by atoms with van der Waals surface area (Å²) in [6.07, 6.45) is 3.47. The van der Waals surface area contributed by atoms with Gasteiger partial charge in [-0.2, -0.15) is 0 Å². The summed E-state index contributed by atoms with van der Waals surface area (Å²) in [7, 11) is 0. The molecule has 110 valence electrons. The molecule has 0 saturated carbocycles. The van der Waals surface area contributed by atoms with Crippen LogP contribution in [0.4, 0.5) is 4.79 Å². The molecule has 0 radical (unpaired) electrons. The first-order chi connectivity index (χ1) is 10.3. The molecule has 1 atom stereocenters. The number of amides is 1. The Labute approximate surface area is 124 Å². The molecule has 0 spiro atoms. The smallest absolute Gasteiger partial charge is 0.410 e. The van der Waals surface area contributed by atoms with E-state index in [4.69, 9.17) is 9.15 Å². The van der Waals surface area contributed by atoms with Gasteiger partial charge in [-0.25, -0.2) is 4.79 Å². The van der Waals surface area contributed by atoms with Gasteiger partial charge in [0.15, 0.2) is 0 Å². The highest BCUT2D eigenvalue weighted by atomic mass is 16.6. The zero-order valence-corrected chi connectivity index (χ0v) is 11.9. The number of furan rings is 1. The van der Waals surface area contributed by atoms with Crippen molar-refractivity contribution < 1.29 is 13.9 Å². The first-order valence-electron chi connectivity index (χ1n) is 7.32. The highest BCUT2D eigenvalue weighted by molar-refractivity contribution is 5.67. The lowest BCUT2D eigenvalue weighted by molar-refractivity contribution is 0.0843. The molecule has 21 heavy (non-hydrogen) atoms. The lowest BCUT2D eigenvalue weighted by atomic mass is 9.96. The molecule has 1 aliphatic heterocycles. The van der Waals surface area contributed by atoms with Gasteiger partial charge in [0.2, 0.25) is 0 Å². The van der Waals surface area contributed by atoms with E-state index in [1.807, 2.05) is 42.5 Å². The number of hydrogen-bond donors (Lipinski definition) is 0. The van der Waals surface area contributed by atoms with Crippen LogP contribution in [0.5, 0.6) is 0 Å². The van der Waals surface area contributed by atoms with Crippen LogP contribution in [-0.4, -0.2) is 24.1 Å². The first-order valence-corrected chi connectivity index (χ1v) is 7.32. The number of rotatable bonds is 3. The van der Waals surface area contributed by atoms with Crippen LogP contribution in [0.2, 0.25) is 0 Å². The molecule has 0 bridgehead atoms. The quantitative estimate of drug-likeness (QED) is 0.861. The molecule has 1 aromatic carbocycles. The first kappa shape index (κ1) is 13.7. The number of piperidine rings is 1. The number of hydrogen-bond acceptors (Lipinski definition) is 3. The summed E-state index contributed by atoms with van der Waals surface area (Å²) in [5, 5.41) is 0. The van der Waals surface area contributed by atoms with Gasteiger partial charge in [0.25, 0.3) is 0 Å². The highest BCUT2D eigenvalue weighted by Crippen LogP contribution is 2.27. The van der Waals surface area contributed by atoms with E-state index in [9.17, 15) is 4.79 Å². The van der Waals surface area contributed by atoms with Gasteiger partial charge in [-0.1, -0.05) is 30.3 Å². The van der Waals surface area contributed by atoms with E-state index in [0.29, 0.717) is 13.2 Å². The zero-order chi connectivity index (χ0) is 14.5. The standard InChI is InChI=1S/C17H19NO3/c19-17(21-13-14-6-2-1-3-7-14)18-10-4-8-15(12-18)16-9-5-11-20-16/h1-3,5-7,9,11,15H,4,8,10,12-13H2. The van der Waals surface area contributed by atoms with Crippen molar-refractivity contribution in [2.75, 3.05) is 13.1 Å². The van der Waals surface area contributed by atoms with Gasteiger partial charge in [-0.05, 0) is 30.5 Å². The SMILES string of the molecule is O=C(OCc1ccccc1)N1CCCC(c2ccco2)C1. The number of carbonyl (C=O) groups is 1. The number of benzene rings is 1. The number of likely N-dealkylation sites (tertiary alicyclic amines) is 1. The molecule has 0 aliphatic carbocycles. The van der Waals surface area contributed by atoms with Crippen molar-refractivity contribution in [2.45, 2.75) is 25.4 Å². The molecule has 0 N–H and O–H groups in total. The van der Waals surface area contributed by atoms with E-state index in [1.165, 1.54) is 0 Å². The van der Waals surface area contributed by atoms with E-state index >= 15 is 0 Å². The largest absolute Gasteiger partial charge is 0.469 e. The molecule has 1 aromatic heterocycles. The fourth-order valence-corrected chi connectivity index (χ4v) is 2.71. The molecule has 1 aliphatic rings. The molecule has 1 saturated heterocycles. The van der Waals surface area contributed by atoms with Crippen molar-refractivity contribution in [2.24, 2.45) is 0 Å². The average Bonchev–Trinajstić information content (AvgIpc) is 3.08. The minimum absolute atomic E-state index is 0.241. The lowest BCUT2D eigenvalue weighted by Gasteiger charge is -2.31. The average molecular weight is 285 g/mol. The summed E-state index contributed by atoms with van der Waals surface area (Å²) < 4.78 is 10.8. The summed E-state index contributed by atoms with van der Waals surface area (Å²) in [6, 6.07) is 13.6. The summed E-state index contributed by atoms with van der Waals surface area (Å²) in [6.45, 7) is 1.74. The molecular formula is C17H19NO3. The van der Waals surface area contributed by atoms with Crippen LogP contribution in [0.3, 0.4) is 0 Å². The Bertz CT molecular complexity index is 565. The van der Waals surface area contributed by atoms with Crippen molar-refractivity contribution in [1.82, 2.24) is 4.90 Å². The second-order valence-electron chi connectivity index (χ2n) is 5.34. The van der Waals surface area contributed by atoms with Gasteiger partial charge in [-0.3, -0.25) is 0 Å². The minimum Gasteiger partial charge on any atom is -0.469 e. The maximum atomic E-state index is 12.2. The molecule has 4 heteroatoms. The van der Waals surface area contributed by atoms with Gasteiger partial charge in [-0.15, -0.1) is 0 Å². The highest BCUT2D eigenvalue weighted by Gasteiger charge is 2.27. The Morgan fingerprint density at radius 1 is 1.24 bits per heavy atom. The Balaban J connectivity index is 1.55. The maximum absolute atomic E-state index is 12.2. The van der Waals surface area contributed by atoms with Gasteiger partial charge in [0.05, 0.1) is 6.26 Å². The van der Waals surface area contributed by atoms with Crippen LogP contribution in [0.25, 0.3) is 0 Å². The van der Waals surface area contributed by atoms with Crippen LogP contribution in [0.1, 0.15) is 30.1 Å². The Hall–Kier alpha value is -2.23. The predicted molar refractivity (Wildman–Crippen MR) is 78.9 cm³/mol. The van der Waals surface area contributed by atoms with E-state index in [1.54, 1.807) is 11.2 Å². The molecule has 3 rings (SSSR count). The van der Waals surface area contributed by atoms with Crippen LogP contribution in [-0.2, 0) is 11.3 Å². The summed E-state index contributed by atoms with van der Waals surface area (Å²) >= 11 is 0. The molecule has 1 unspecified atom stereocenters. The third-order valence-electron chi connectivity index (χ3n) is 3.83. The van der Waals surface area contributed by atoms with Crippen molar-refractivity contribution in [3.05, 3.63) is 60.1 Å². The van der Waals surface area contributed by atoms with Gasteiger partial charge in [0.1, 0.15) is 12.4 Å². The van der Waals surface area contributed by atoms with E-state index in [0.717, 1.165) is 30.7 Å². The Morgan fingerprint density at radius 2 is 2.10 bits per heavy atom. The van der Waals surface area contributed by atoms with Crippen molar-refractivity contribution in [1.29, 1.82) is 0 Å². The van der Waals surface area contributed by atoms with Crippen LogP contribution < -0.4 is 0 Å². The summed E-state index contributed by atoms with van der Waals surface area (Å²) in [4.78, 5) is 13.9. The van der Waals surface area contributed by atoms with Crippen LogP contribution in [0, 0.1) is 0 Å². The monoisotopic (exact) mass is 285 g/mol. The second kappa shape index (κ2) is 6.48. The predicted octanol–water partition coefficient (Wildman–Crippen LogP) is 3.80. The van der Waals surface area contributed by atoms with E-state index in [-0.39, 0.29) is 12.0 Å². The number of nitrogens with zero attached hydrogens (tertiary/aromatic N) is 1.